The van der Waals surface area contributed by atoms with E-state index < -0.39 is 11.8 Å². The number of rotatable bonds is 4. The first kappa shape index (κ1) is 13.8. The summed E-state index contributed by atoms with van der Waals surface area (Å²) in [6.45, 7) is 0.433. The van der Waals surface area contributed by atoms with Crippen molar-refractivity contribution in [2.75, 3.05) is 17.7 Å². The van der Waals surface area contributed by atoms with Crippen molar-refractivity contribution in [2.24, 2.45) is 0 Å². The van der Waals surface area contributed by atoms with Crippen LogP contribution in [0.2, 0.25) is 0 Å². The van der Waals surface area contributed by atoms with Crippen molar-refractivity contribution in [1.82, 2.24) is 4.98 Å². The van der Waals surface area contributed by atoms with Gasteiger partial charge in [0.05, 0.1) is 11.3 Å². The molecule has 0 aliphatic carbocycles. The van der Waals surface area contributed by atoms with Gasteiger partial charge in [0, 0.05) is 31.7 Å². The molecule has 0 fully saturated rings. The van der Waals surface area contributed by atoms with Gasteiger partial charge >= 0.3 is 5.97 Å². The molecule has 0 radical (unpaired) electrons. The standard InChI is InChI=1S/C14H14FN3O2/c1-18(8-9-2-4-17-5-3-9)13-6-10(14(19)20)12(16)7-11(13)15/h2-7H,8,16H2,1H3,(H,19,20). The van der Waals surface area contributed by atoms with Crippen LogP contribution >= 0.6 is 0 Å². The lowest BCUT2D eigenvalue weighted by Gasteiger charge is -2.21. The molecule has 0 aliphatic rings. The molecule has 0 spiro atoms. The normalized spacial score (nSPS) is 10.3. The highest BCUT2D eigenvalue weighted by Gasteiger charge is 2.15. The first-order valence-electron chi connectivity index (χ1n) is 5.91. The molecule has 3 N–H and O–H groups in total. The maximum Gasteiger partial charge on any atom is 0.337 e. The second-order valence-corrected chi connectivity index (χ2v) is 4.41. The Morgan fingerprint density at radius 2 is 2.05 bits per heavy atom. The number of carboxylic acid groups (broad SMARTS) is 1. The minimum atomic E-state index is -1.18. The number of nitrogens with two attached hydrogens (primary N) is 1. The summed E-state index contributed by atoms with van der Waals surface area (Å²) in [5.74, 6) is -1.73. The molecule has 1 aromatic heterocycles. The van der Waals surface area contributed by atoms with E-state index in [4.69, 9.17) is 10.8 Å². The molecular weight excluding hydrogens is 261 g/mol. The summed E-state index contributed by atoms with van der Waals surface area (Å²) in [7, 11) is 1.68. The Balaban J connectivity index is 2.32. The molecule has 0 atom stereocenters. The van der Waals surface area contributed by atoms with E-state index in [9.17, 15) is 9.18 Å². The zero-order valence-corrected chi connectivity index (χ0v) is 10.9. The van der Waals surface area contributed by atoms with Crippen molar-refractivity contribution in [3.63, 3.8) is 0 Å². The van der Waals surface area contributed by atoms with Crippen molar-refractivity contribution in [3.05, 3.63) is 53.6 Å². The Hall–Kier alpha value is -2.63. The van der Waals surface area contributed by atoms with Gasteiger partial charge in [-0.1, -0.05) is 0 Å². The highest BCUT2D eigenvalue weighted by Crippen LogP contribution is 2.25. The Labute approximate surface area is 115 Å². The fourth-order valence-electron chi connectivity index (χ4n) is 1.90. The Morgan fingerprint density at radius 3 is 2.65 bits per heavy atom. The number of aromatic nitrogens is 1. The predicted octanol–water partition coefficient (Wildman–Crippen LogP) is 2.14. The van der Waals surface area contributed by atoms with Crippen LogP contribution in [0.4, 0.5) is 15.8 Å². The maximum atomic E-state index is 13.9. The van der Waals surface area contributed by atoms with Crippen LogP contribution in [-0.2, 0) is 6.54 Å². The van der Waals surface area contributed by atoms with Gasteiger partial charge in [-0.15, -0.1) is 0 Å². The quantitative estimate of drug-likeness (QED) is 0.836. The van der Waals surface area contributed by atoms with Crippen LogP contribution in [0, 0.1) is 5.82 Å². The van der Waals surface area contributed by atoms with Crippen LogP contribution in [0.3, 0.4) is 0 Å². The number of benzene rings is 1. The number of carboxylic acids is 1. The monoisotopic (exact) mass is 275 g/mol. The second-order valence-electron chi connectivity index (χ2n) is 4.41. The van der Waals surface area contributed by atoms with E-state index in [1.807, 2.05) is 12.1 Å². The number of pyridine rings is 1. The lowest BCUT2D eigenvalue weighted by atomic mass is 10.1. The number of aromatic carboxylic acids is 1. The summed E-state index contributed by atoms with van der Waals surface area (Å²) in [6.07, 6.45) is 3.29. The first-order valence-corrected chi connectivity index (χ1v) is 5.91. The van der Waals surface area contributed by atoms with Gasteiger partial charge in [-0.3, -0.25) is 4.98 Å². The van der Waals surface area contributed by atoms with Gasteiger partial charge < -0.3 is 15.7 Å². The van der Waals surface area contributed by atoms with E-state index in [2.05, 4.69) is 4.98 Å². The number of halogens is 1. The van der Waals surface area contributed by atoms with Gasteiger partial charge in [-0.25, -0.2) is 9.18 Å². The molecule has 1 aromatic carbocycles. The first-order chi connectivity index (χ1) is 9.49. The van der Waals surface area contributed by atoms with Crippen molar-refractivity contribution in [3.8, 4) is 0 Å². The molecule has 104 valence electrons. The van der Waals surface area contributed by atoms with E-state index in [0.717, 1.165) is 11.6 Å². The average molecular weight is 275 g/mol. The van der Waals surface area contributed by atoms with E-state index in [1.54, 1.807) is 24.3 Å². The molecule has 0 saturated heterocycles. The number of nitrogen functional groups attached to an aromatic ring is 1. The smallest absolute Gasteiger partial charge is 0.337 e. The highest BCUT2D eigenvalue weighted by atomic mass is 19.1. The predicted molar refractivity (Wildman–Crippen MR) is 74.1 cm³/mol. The van der Waals surface area contributed by atoms with Crippen molar-refractivity contribution in [1.29, 1.82) is 0 Å². The Bertz CT molecular complexity index is 632. The van der Waals surface area contributed by atoms with Gasteiger partial charge in [0.1, 0.15) is 5.82 Å². The summed E-state index contributed by atoms with van der Waals surface area (Å²) in [4.78, 5) is 16.6. The minimum absolute atomic E-state index is 0.0870. The number of nitrogens with zero attached hydrogens (tertiary/aromatic N) is 2. The van der Waals surface area contributed by atoms with Crippen molar-refractivity contribution in [2.45, 2.75) is 6.54 Å². The van der Waals surface area contributed by atoms with E-state index in [0.29, 0.717) is 6.54 Å². The fourth-order valence-corrected chi connectivity index (χ4v) is 1.90. The van der Waals surface area contributed by atoms with Crippen LogP contribution < -0.4 is 10.6 Å². The average Bonchev–Trinajstić information content (AvgIpc) is 2.39. The summed E-state index contributed by atoms with van der Waals surface area (Å²) in [6, 6.07) is 5.89. The summed E-state index contributed by atoms with van der Waals surface area (Å²) in [5.41, 5.74) is 6.43. The lowest BCUT2D eigenvalue weighted by molar-refractivity contribution is 0.0698. The number of hydrogen-bond acceptors (Lipinski definition) is 4. The molecule has 0 bridgehead atoms. The molecule has 5 nitrogen and oxygen atoms in total. The molecule has 2 aromatic rings. The molecule has 20 heavy (non-hydrogen) atoms. The number of anilines is 2. The Kier molecular flexibility index (Phi) is 3.84. The maximum absolute atomic E-state index is 13.9. The minimum Gasteiger partial charge on any atom is -0.478 e. The lowest BCUT2D eigenvalue weighted by Crippen LogP contribution is -2.19. The van der Waals surface area contributed by atoms with E-state index in [1.165, 1.54) is 6.07 Å². The van der Waals surface area contributed by atoms with Crippen LogP contribution in [0.5, 0.6) is 0 Å². The molecular formula is C14H14FN3O2. The van der Waals surface area contributed by atoms with Crippen LogP contribution in [0.15, 0.2) is 36.7 Å². The summed E-state index contributed by atoms with van der Waals surface area (Å²) < 4.78 is 13.9. The van der Waals surface area contributed by atoms with E-state index in [-0.39, 0.29) is 16.9 Å². The molecule has 0 aliphatic heterocycles. The third kappa shape index (κ3) is 2.85. The SMILES string of the molecule is CN(Cc1ccncc1)c1cc(C(=O)O)c(N)cc1F. The topological polar surface area (TPSA) is 79.5 Å². The molecule has 0 saturated carbocycles. The zero-order chi connectivity index (χ0) is 14.7. The molecule has 1 heterocycles. The summed E-state index contributed by atoms with van der Waals surface area (Å²) >= 11 is 0. The largest absolute Gasteiger partial charge is 0.478 e. The van der Waals surface area contributed by atoms with Gasteiger partial charge in [0.25, 0.3) is 0 Å². The van der Waals surface area contributed by atoms with E-state index >= 15 is 0 Å². The van der Waals surface area contributed by atoms with Crippen LogP contribution in [0.25, 0.3) is 0 Å². The molecule has 0 unspecified atom stereocenters. The van der Waals surface area contributed by atoms with Gasteiger partial charge in [0.15, 0.2) is 0 Å². The molecule has 6 heteroatoms. The molecule has 2 rings (SSSR count). The van der Waals surface area contributed by atoms with Gasteiger partial charge in [0.2, 0.25) is 0 Å². The van der Waals surface area contributed by atoms with Crippen molar-refractivity contribution < 1.29 is 14.3 Å². The zero-order valence-electron chi connectivity index (χ0n) is 10.9. The third-order valence-corrected chi connectivity index (χ3v) is 2.93. The highest BCUT2D eigenvalue weighted by molar-refractivity contribution is 5.95. The van der Waals surface area contributed by atoms with Gasteiger partial charge in [-0.2, -0.15) is 0 Å². The Morgan fingerprint density at radius 1 is 1.40 bits per heavy atom. The number of carbonyl (C=O) groups is 1. The van der Waals surface area contributed by atoms with Crippen LogP contribution in [-0.4, -0.2) is 23.1 Å². The van der Waals surface area contributed by atoms with Gasteiger partial charge in [-0.05, 0) is 29.8 Å². The van der Waals surface area contributed by atoms with Crippen molar-refractivity contribution >= 4 is 17.3 Å². The third-order valence-electron chi connectivity index (χ3n) is 2.93. The van der Waals surface area contributed by atoms with Crippen LogP contribution in [0.1, 0.15) is 15.9 Å². The molecule has 0 amide bonds. The second kappa shape index (κ2) is 5.56. The fraction of sp³-hybridized carbons (Fsp3) is 0.143. The summed E-state index contributed by atoms with van der Waals surface area (Å²) in [5, 5.41) is 9.02. The number of hydrogen-bond donors (Lipinski definition) is 2.